The third-order valence-corrected chi connectivity index (χ3v) is 7.16. The van der Waals surface area contributed by atoms with Gasteiger partial charge in [-0.1, -0.05) is 77.2 Å². The lowest BCUT2D eigenvalue weighted by molar-refractivity contribution is -0.139. The molecule has 0 saturated carbocycles. The Morgan fingerprint density at radius 2 is 1.75 bits per heavy atom. The zero-order valence-electron chi connectivity index (χ0n) is 22.3. The molecule has 1 heterocycles. The highest BCUT2D eigenvalue weighted by Crippen LogP contribution is 2.42. The van der Waals surface area contributed by atoms with Gasteiger partial charge >= 0.3 is 5.97 Å². The van der Waals surface area contributed by atoms with Crippen molar-refractivity contribution in [3.05, 3.63) is 53.1 Å². The normalized spacial score (nSPS) is 16.7. The van der Waals surface area contributed by atoms with Crippen LogP contribution in [-0.2, 0) is 14.3 Å². The maximum atomic E-state index is 13.4. The Morgan fingerprint density at radius 3 is 2.44 bits per heavy atom. The Hall–Kier alpha value is -2.73. The van der Waals surface area contributed by atoms with Crippen molar-refractivity contribution in [2.75, 3.05) is 26.2 Å². The van der Waals surface area contributed by atoms with Gasteiger partial charge in [0.25, 0.3) is 11.8 Å². The molecular weight excluding hydrogens is 452 g/mol. The van der Waals surface area contributed by atoms with Crippen molar-refractivity contribution >= 4 is 23.4 Å². The number of carbonyl (C=O) groups excluding carboxylic acids is 3. The first-order valence-corrected chi connectivity index (χ1v) is 13.7. The molecule has 196 valence electrons. The van der Waals surface area contributed by atoms with Gasteiger partial charge in [-0.15, -0.1) is 0 Å². The number of amides is 2. The highest BCUT2D eigenvalue weighted by Gasteiger charge is 2.39. The first kappa shape index (κ1) is 27.9. The van der Waals surface area contributed by atoms with Crippen LogP contribution < -0.4 is 0 Å². The average Bonchev–Trinajstić information content (AvgIpc) is 2.87. The van der Waals surface area contributed by atoms with E-state index in [9.17, 15) is 14.4 Å². The molecule has 0 aromatic heterocycles. The second-order valence-corrected chi connectivity index (χ2v) is 9.97. The van der Waals surface area contributed by atoms with Gasteiger partial charge in [0.2, 0.25) is 0 Å². The van der Waals surface area contributed by atoms with Gasteiger partial charge in [-0.05, 0) is 44.4 Å². The molecule has 0 radical (unpaired) electrons. The SMILES string of the molecule is C=C(C)C(=O)OCCN(CCCCCC)C1CC=C2C(=O)N(CCCCCC)C(=O)c3cccc1c32. The van der Waals surface area contributed by atoms with Crippen LogP contribution in [0.3, 0.4) is 0 Å². The summed E-state index contributed by atoms with van der Waals surface area (Å²) in [5.41, 5.74) is 3.50. The molecule has 1 unspecified atom stereocenters. The summed E-state index contributed by atoms with van der Waals surface area (Å²) in [5.74, 6) is -0.727. The summed E-state index contributed by atoms with van der Waals surface area (Å²) >= 11 is 0. The largest absolute Gasteiger partial charge is 0.461 e. The van der Waals surface area contributed by atoms with Crippen LogP contribution in [0.15, 0.2) is 36.4 Å². The number of carbonyl (C=O) groups is 3. The zero-order chi connectivity index (χ0) is 26.1. The molecule has 6 heteroatoms. The minimum atomic E-state index is -0.376. The van der Waals surface area contributed by atoms with Crippen LogP contribution >= 0.6 is 0 Å². The van der Waals surface area contributed by atoms with Gasteiger partial charge in [0.05, 0.1) is 0 Å². The minimum absolute atomic E-state index is 0.0329. The van der Waals surface area contributed by atoms with Crippen LogP contribution in [0.25, 0.3) is 5.57 Å². The van der Waals surface area contributed by atoms with Crippen LogP contribution in [0, 0.1) is 0 Å². The van der Waals surface area contributed by atoms with Crippen LogP contribution in [0.1, 0.15) is 106 Å². The van der Waals surface area contributed by atoms with Crippen molar-refractivity contribution in [1.29, 1.82) is 0 Å². The van der Waals surface area contributed by atoms with Crippen LogP contribution in [0.5, 0.6) is 0 Å². The molecule has 3 rings (SSSR count). The number of unbranched alkanes of at least 4 members (excludes halogenated alkanes) is 6. The van der Waals surface area contributed by atoms with E-state index in [0.29, 0.717) is 36.2 Å². The standard InChI is InChI=1S/C30H42N2O4/c1-5-7-9-11-18-31(20-21-36-30(35)22(3)4)26-17-16-25-27-23(26)14-13-15-24(27)28(33)32(29(25)34)19-12-10-8-6-2/h13-16,26H,3,5-12,17-21H2,1-2,4H3. The molecule has 1 aliphatic carbocycles. The van der Waals surface area contributed by atoms with E-state index >= 15 is 0 Å². The average molecular weight is 495 g/mol. The van der Waals surface area contributed by atoms with Crippen molar-refractivity contribution in [2.24, 2.45) is 0 Å². The maximum Gasteiger partial charge on any atom is 0.333 e. The van der Waals surface area contributed by atoms with E-state index in [2.05, 4.69) is 25.3 Å². The Labute approximate surface area is 216 Å². The third kappa shape index (κ3) is 6.52. The predicted molar refractivity (Wildman–Crippen MR) is 143 cm³/mol. The van der Waals surface area contributed by atoms with Gasteiger partial charge in [0.15, 0.2) is 0 Å². The van der Waals surface area contributed by atoms with Gasteiger partial charge in [0.1, 0.15) is 6.61 Å². The molecule has 1 aliphatic heterocycles. The quantitative estimate of drug-likeness (QED) is 0.128. The molecular formula is C30H42N2O4. The third-order valence-electron chi connectivity index (χ3n) is 7.16. The van der Waals surface area contributed by atoms with E-state index in [-0.39, 0.29) is 30.4 Å². The van der Waals surface area contributed by atoms with Crippen LogP contribution in [0.2, 0.25) is 0 Å². The van der Waals surface area contributed by atoms with Crippen molar-refractivity contribution in [2.45, 2.75) is 84.6 Å². The molecule has 0 saturated heterocycles. The van der Waals surface area contributed by atoms with Crippen molar-refractivity contribution in [3.8, 4) is 0 Å². The summed E-state index contributed by atoms with van der Waals surface area (Å²) < 4.78 is 5.41. The smallest absolute Gasteiger partial charge is 0.333 e. The van der Waals surface area contributed by atoms with E-state index in [1.54, 1.807) is 6.92 Å². The first-order chi connectivity index (χ1) is 17.4. The molecule has 0 spiro atoms. The van der Waals surface area contributed by atoms with Gasteiger partial charge in [-0.2, -0.15) is 0 Å². The fraction of sp³-hybridized carbons (Fsp3) is 0.567. The molecule has 1 atom stereocenters. The molecule has 36 heavy (non-hydrogen) atoms. The number of hydrogen-bond donors (Lipinski definition) is 0. The highest BCUT2D eigenvalue weighted by atomic mass is 16.5. The number of nitrogens with zero attached hydrogens (tertiary/aromatic N) is 2. The van der Waals surface area contributed by atoms with E-state index in [1.165, 1.54) is 11.3 Å². The molecule has 1 aromatic rings. The molecule has 0 fully saturated rings. The minimum Gasteiger partial charge on any atom is -0.461 e. The lowest BCUT2D eigenvalue weighted by Gasteiger charge is -2.38. The van der Waals surface area contributed by atoms with E-state index < -0.39 is 0 Å². The second-order valence-electron chi connectivity index (χ2n) is 9.97. The maximum absolute atomic E-state index is 13.4. The highest BCUT2D eigenvalue weighted by molar-refractivity contribution is 6.31. The number of esters is 1. The molecule has 2 aliphatic rings. The summed E-state index contributed by atoms with van der Waals surface area (Å²) in [6, 6.07) is 5.87. The Balaban J connectivity index is 1.83. The molecule has 2 amide bonds. The Kier molecular flexibility index (Phi) is 10.5. The van der Waals surface area contributed by atoms with Crippen molar-refractivity contribution in [1.82, 2.24) is 9.80 Å². The van der Waals surface area contributed by atoms with Gasteiger partial charge in [0, 0.05) is 41.4 Å². The molecule has 1 aromatic carbocycles. The summed E-state index contributed by atoms with van der Waals surface area (Å²) in [5, 5.41) is 0. The summed E-state index contributed by atoms with van der Waals surface area (Å²) in [6.07, 6.45) is 11.3. The van der Waals surface area contributed by atoms with Gasteiger partial charge < -0.3 is 4.74 Å². The fourth-order valence-electron chi connectivity index (χ4n) is 5.15. The molecule has 6 nitrogen and oxygen atoms in total. The topological polar surface area (TPSA) is 66.9 Å². The summed E-state index contributed by atoms with van der Waals surface area (Å²) in [7, 11) is 0. The lowest BCUT2D eigenvalue weighted by Crippen LogP contribution is -2.44. The van der Waals surface area contributed by atoms with E-state index in [4.69, 9.17) is 4.74 Å². The lowest BCUT2D eigenvalue weighted by atomic mass is 9.80. The van der Waals surface area contributed by atoms with Crippen LogP contribution in [-0.4, -0.2) is 53.8 Å². The molecule has 0 N–H and O–H groups in total. The number of imide groups is 1. The van der Waals surface area contributed by atoms with E-state index in [0.717, 1.165) is 62.6 Å². The number of rotatable bonds is 15. The van der Waals surface area contributed by atoms with Crippen molar-refractivity contribution < 1.29 is 19.1 Å². The Bertz CT molecular complexity index is 997. The van der Waals surface area contributed by atoms with Crippen molar-refractivity contribution in [3.63, 3.8) is 0 Å². The number of hydrogen-bond acceptors (Lipinski definition) is 5. The van der Waals surface area contributed by atoms with E-state index in [1.807, 2.05) is 24.3 Å². The molecule has 0 bridgehead atoms. The predicted octanol–water partition coefficient (Wildman–Crippen LogP) is 6.08. The summed E-state index contributed by atoms with van der Waals surface area (Å²) in [4.78, 5) is 42.4. The number of benzene rings is 1. The Morgan fingerprint density at radius 1 is 1.03 bits per heavy atom. The second kappa shape index (κ2) is 13.5. The monoisotopic (exact) mass is 494 g/mol. The van der Waals surface area contributed by atoms with Crippen LogP contribution in [0.4, 0.5) is 0 Å². The number of ether oxygens (including phenoxy) is 1. The summed E-state index contributed by atoms with van der Waals surface area (Å²) in [6.45, 7) is 11.9. The first-order valence-electron chi connectivity index (χ1n) is 13.7. The van der Waals surface area contributed by atoms with Gasteiger partial charge in [-0.25, -0.2) is 4.79 Å². The van der Waals surface area contributed by atoms with Gasteiger partial charge in [-0.3, -0.25) is 19.4 Å². The fourth-order valence-corrected chi connectivity index (χ4v) is 5.15. The zero-order valence-corrected chi connectivity index (χ0v) is 22.3.